The first-order valence-electron chi connectivity index (χ1n) is 6.95. The number of aromatic carboxylic acids is 1. The quantitative estimate of drug-likeness (QED) is 0.679. The molecule has 1 aliphatic rings. The molecule has 1 aliphatic carbocycles. The lowest BCUT2D eigenvalue weighted by molar-refractivity contribution is -0.255. The zero-order valence-electron chi connectivity index (χ0n) is 12.4. The molecule has 0 radical (unpaired) electrons. The number of carboxylic acid groups (broad SMARTS) is 1. The van der Waals surface area contributed by atoms with Crippen LogP contribution in [0.3, 0.4) is 0 Å². The van der Waals surface area contributed by atoms with Crippen LogP contribution in [0.4, 0.5) is 0 Å². The summed E-state index contributed by atoms with van der Waals surface area (Å²) in [6.07, 6.45) is 2.48. The van der Waals surface area contributed by atoms with Crippen molar-refractivity contribution < 1.29 is 27.6 Å². The molecule has 126 valence electrons. The summed E-state index contributed by atoms with van der Waals surface area (Å²) in [5.41, 5.74) is -0.970. The van der Waals surface area contributed by atoms with E-state index in [0.29, 0.717) is 4.47 Å². The number of sulfone groups is 1. The second-order valence-corrected chi connectivity index (χ2v) is 8.47. The topological polar surface area (TPSA) is 117 Å². The Morgan fingerprint density at radius 2 is 2.00 bits per heavy atom. The molecule has 9 heteroatoms. The van der Waals surface area contributed by atoms with E-state index in [4.69, 9.17) is 4.52 Å². The van der Waals surface area contributed by atoms with E-state index < -0.39 is 27.3 Å². The summed E-state index contributed by atoms with van der Waals surface area (Å²) in [7, 11) is -3.71. The van der Waals surface area contributed by atoms with Gasteiger partial charge >= 0.3 is 0 Å². The summed E-state index contributed by atoms with van der Waals surface area (Å²) < 4.78 is 29.5. The van der Waals surface area contributed by atoms with Crippen molar-refractivity contribution in [3.63, 3.8) is 0 Å². The van der Waals surface area contributed by atoms with Gasteiger partial charge in [0.25, 0.3) is 0 Å². The third-order valence-corrected chi connectivity index (χ3v) is 5.30. The van der Waals surface area contributed by atoms with Crippen LogP contribution in [0, 0.1) is 0 Å². The molecular formula is C15H11BrNO6S-. The van der Waals surface area contributed by atoms with Gasteiger partial charge in [0, 0.05) is 22.2 Å². The first kappa shape index (κ1) is 16.8. The minimum atomic E-state index is -3.71. The molecule has 0 amide bonds. The van der Waals surface area contributed by atoms with Gasteiger partial charge in [0.05, 0.1) is 16.4 Å². The lowest BCUT2D eigenvalue weighted by atomic mass is 9.99. The second-order valence-electron chi connectivity index (χ2n) is 5.57. The van der Waals surface area contributed by atoms with E-state index in [1.165, 1.54) is 18.2 Å². The molecule has 0 spiro atoms. The van der Waals surface area contributed by atoms with Crippen molar-refractivity contribution in [1.29, 1.82) is 0 Å². The number of rotatable bonds is 5. The number of aromatic nitrogens is 1. The molecule has 3 rings (SSSR count). The second kappa shape index (κ2) is 5.82. The summed E-state index contributed by atoms with van der Waals surface area (Å²) >= 11 is 3.16. The van der Waals surface area contributed by atoms with E-state index in [1.807, 2.05) is 0 Å². The van der Waals surface area contributed by atoms with Gasteiger partial charge in [-0.2, -0.15) is 0 Å². The minimum absolute atomic E-state index is 0.0818. The Hall–Kier alpha value is -2.00. The SMILES string of the molecule is CS(=O)(=O)c1cc(Br)ccc1C(=O)c1c(C(=O)[O-])noc1C1CC1. The number of ketones is 1. The molecule has 1 aromatic heterocycles. The Morgan fingerprint density at radius 1 is 1.33 bits per heavy atom. The Balaban J connectivity index is 2.21. The molecule has 0 aliphatic heterocycles. The third-order valence-electron chi connectivity index (χ3n) is 3.67. The van der Waals surface area contributed by atoms with Crippen LogP contribution < -0.4 is 5.11 Å². The fourth-order valence-corrected chi connectivity index (χ4v) is 3.82. The molecule has 2 aromatic rings. The highest BCUT2D eigenvalue weighted by atomic mass is 79.9. The van der Waals surface area contributed by atoms with Crippen LogP contribution in [0.25, 0.3) is 0 Å². The number of nitrogens with zero attached hydrogens (tertiary/aromatic N) is 1. The van der Waals surface area contributed by atoms with E-state index in [-0.39, 0.29) is 27.7 Å². The lowest BCUT2D eigenvalue weighted by Crippen LogP contribution is -2.25. The minimum Gasteiger partial charge on any atom is -0.543 e. The summed E-state index contributed by atoms with van der Waals surface area (Å²) in [6.45, 7) is 0. The monoisotopic (exact) mass is 412 g/mol. The smallest absolute Gasteiger partial charge is 0.200 e. The Kier molecular flexibility index (Phi) is 4.08. The Morgan fingerprint density at radius 3 is 2.54 bits per heavy atom. The van der Waals surface area contributed by atoms with Crippen LogP contribution in [0.5, 0.6) is 0 Å². The summed E-state index contributed by atoms with van der Waals surface area (Å²) in [6, 6.07) is 4.13. The van der Waals surface area contributed by atoms with E-state index in [1.54, 1.807) is 0 Å². The van der Waals surface area contributed by atoms with E-state index in [9.17, 15) is 23.1 Å². The van der Waals surface area contributed by atoms with Gasteiger partial charge in [-0.1, -0.05) is 21.1 Å². The Labute approximate surface area is 145 Å². The van der Waals surface area contributed by atoms with Crippen LogP contribution >= 0.6 is 15.9 Å². The van der Waals surface area contributed by atoms with Crippen LogP contribution in [0.15, 0.2) is 32.1 Å². The van der Waals surface area contributed by atoms with Gasteiger partial charge in [-0.05, 0) is 31.0 Å². The normalized spacial score (nSPS) is 14.6. The van der Waals surface area contributed by atoms with Crippen molar-refractivity contribution >= 4 is 37.5 Å². The van der Waals surface area contributed by atoms with Gasteiger partial charge in [-0.3, -0.25) is 4.79 Å². The predicted octanol–water partition coefficient (Wildman–Crippen LogP) is 1.31. The van der Waals surface area contributed by atoms with Crippen LogP contribution in [0.1, 0.15) is 50.9 Å². The Bertz CT molecular complexity index is 958. The molecule has 1 heterocycles. The zero-order valence-corrected chi connectivity index (χ0v) is 14.8. The molecular weight excluding hydrogens is 402 g/mol. The van der Waals surface area contributed by atoms with E-state index >= 15 is 0 Å². The van der Waals surface area contributed by atoms with E-state index in [2.05, 4.69) is 21.1 Å². The van der Waals surface area contributed by atoms with Crippen molar-refractivity contribution in [2.45, 2.75) is 23.7 Å². The number of benzene rings is 1. The van der Waals surface area contributed by atoms with Gasteiger partial charge in [0.15, 0.2) is 21.4 Å². The first-order chi connectivity index (χ1) is 11.2. The highest BCUT2D eigenvalue weighted by Crippen LogP contribution is 2.43. The first-order valence-corrected chi connectivity index (χ1v) is 9.63. The van der Waals surface area contributed by atoms with Crippen LogP contribution in [-0.4, -0.2) is 31.6 Å². The van der Waals surface area contributed by atoms with Crippen molar-refractivity contribution in [3.05, 3.63) is 45.3 Å². The molecule has 24 heavy (non-hydrogen) atoms. The molecule has 1 fully saturated rings. The maximum atomic E-state index is 12.9. The maximum Gasteiger partial charge on any atom is 0.200 e. The molecule has 1 aromatic carbocycles. The third kappa shape index (κ3) is 3.01. The average Bonchev–Trinajstić information content (AvgIpc) is 3.23. The fourth-order valence-electron chi connectivity index (χ4n) is 2.41. The molecule has 0 bridgehead atoms. The summed E-state index contributed by atoms with van der Waals surface area (Å²) in [4.78, 5) is 23.9. The van der Waals surface area contributed by atoms with Crippen LogP contribution in [-0.2, 0) is 9.84 Å². The molecule has 0 unspecified atom stereocenters. The fraction of sp³-hybridized carbons (Fsp3) is 0.267. The van der Waals surface area contributed by atoms with Gasteiger partial charge in [-0.15, -0.1) is 0 Å². The standard InChI is InChI=1S/C15H12BrNO6S/c1-24(21,22)10-6-8(16)4-5-9(10)13(18)11-12(15(19)20)17-23-14(11)7-2-3-7/h4-7H,2-3H2,1H3,(H,19,20)/p-1. The molecule has 1 saturated carbocycles. The maximum absolute atomic E-state index is 12.9. The number of carbonyl (C=O) groups excluding carboxylic acids is 2. The van der Waals surface area contributed by atoms with Crippen LogP contribution in [0.2, 0.25) is 0 Å². The zero-order chi connectivity index (χ0) is 17.6. The number of carboxylic acids is 1. The van der Waals surface area contributed by atoms with Crippen molar-refractivity contribution in [2.75, 3.05) is 6.26 Å². The van der Waals surface area contributed by atoms with Gasteiger partial charge in [0.2, 0.25) is 0 Å². The van der Waals surface area contributed by atoms with Gasteiger partial charge in [0.1, 0.15) is 5.69 Å². The average molecular weight is 413 g/mol. The highest BCUT2D eigenvalue weighted by Gasteiger charge is 2.36. The van der Waals surface area contributed by atoms with Crippen molar-refractivity contribution in [3.8, 4) is 0 Å². The summed E-state index contributed by atoms with van der Waals surface area (Å²) in [5.74, 6) is -2.32. The van der Waals surface area contributed by atoms with Gasteiger partial charge in [-0.25, -0.2) is 8.42 Å². The van der Waals surface area contributed by atoms with Crippen molar-refractivity contribution in [2.24, 2.45) is 0 Å². The largest absolute Gasteiger partial charge is 0.543 e. The van der Waals surface area contributed by atoms with Crippen molar-refractivity contribution in [1.82, 2.24) is 5.16 Å². The lowest BCUT2D eigenvalue weighted by Gasteiger charge is -2.09. The number of halogens is 1. The van der Waals surface area contributed by atoms with E-state index in [0.717, 1.165) is 19.1 Å². The highest BCUT2D eigenvalue weighted by molar-refractivity contribution is 9.10. The number of carbonyl (C=O) groups is 2. The molecule has 0 atom stereocenters. The molecule has 7 nitrogen and oxygen atoms in total. The summed E-state index contributed by atoms with van der Waals surface area (Å²) in [5, 5.41) is 14.7. The predicted molar refractivity (Wildman–Crippen MR) is 83.5 cm³/mol. The number of hydrogen-bond acceptors (Lipinski definition) is 7. The number of hydrogen-bond donors (Lipinski definition) is 0. The molecule has 0 N–H and O–H groups in total. The van der Waals surface area contributed by atoms with Gasteiger partial charge < -0.3 is 14.4 Å². The molecule has 0 saturated heterocycles.